The van der Waals surface area contributed by atoms with Crippen molar-refractivity contribution < 1.29 is 0 Å². The van der Waals surface area contributed by atoms with Crippen LogP contribution in [0.3, 0.4) is 0 Å². The summed E-state index contributed by atoms with van der Waals surface area (Å²) >= 11 is 0. The second kappa shape index (κ2) is 5.67. The van der Waals surface area contributed by atoms with E-state index in [-0.39, 0.29) is 0 Å². The molecule has 0 aliphatic rings. The minimum absolute atomic E-state index is 0.771. The Labute approximate surface area is 108 Å². The van der Waals surface area contributed by atoms with E-state index in [0.717, 1.165) is 36.8 Å². The highest BCUT2D eigenvalue weighted by Gasteiger charge is 2.08. The smallest absolute Gasteiger partial charge is 0.203 e. The zero-order valence-electron chi connectivity index (χ0n) is 11.3. The zero-order chi connectivity index (χ0) is 13.0. The van der Waals surface area contributed by atoms with Crippen LogP contribution in [0.1, 0.15) is 30.8 Å². The van der Waals surface area contributed by atoms with Gasteiger partial charge >= 0.3 is 0 Å². The summed E-state index contributed by atoms with van der Waals surface area (Å²) in [5.74, 6) is 0.919. The lowest BCUT2D eigenvalue weighted by Crippen LogP contribution is -2.09. The molecule has 0 saturated carbocycles. The highest BCUT2D eigenvalue weighted by molar-refractivity contribution is 5.30. The molecule has 2 aromatic rings. The minimum atomic E-state index is 0.771. The van der Waals surface area contributed by atoms with E-state index in [1.807, 2.05) is 19.2 Å². The van der Waals surface area contributed by atoms with Crippen LogP contribution in [0.15, 0.2) is 24.5 Å². The molecule has 2 aromatic heterocycles. The van der Waals surface area contributed by atoms with Crippen molar-refractivity contribution >= 4 is 5.95 Å². The summed E-state index contributed by atoms with van der Waals surface area (Å²) in [6.07, 6.45) is 4.92. The summed E-state index contributed by atoms with van der Waals surface area (Å²) in [4.78, 5) is 8.96. The van der Waals surface area contributed by atoms with Crippen LogP contribution in [0.5, 0.6) is 0 Å². The van der Waals surface area contributed by atoms with Crippen LogP contribution in [0.4, 0.5) is 5.95 Å². The maximum Gasteiger partial charge on any atom is 0.203 e. The number of anilines is 1. The Kier molecular flexibility index (Phi) is 3.97. The van der Waals surface area contributed by atoms with Gasteiger partial charge in [-0.2, -0.15) is 0 Å². The summed E-state index contributed by atoms with van der Waals surface area (Å²) < 4.78 is 2.13. The molecule has 0 spiro atoms. The molecule has 0 aliphatic heterocycles. The maximum atomic E-state index is 4.48. The van der Waals surface area contributed by atoms with Gasteiger partial charge in [0, 0.05) is 18.9 Å². The Morgan fingerprint density at radius 3 is 2.89 bits per heavy atom. The van der Waals surface area contributed by atoms with E-state index in [1.165, 1.54) is 5.56 Å². The number of hydrogen-bond donors (Lipinski definition) is 1. The van der Waals surface area contributed by atoms with Crippen LogP contribution in [0, 0.1) is 6.92 Å². The molecule has 2 heterocycles. The van der Waals surface area contributed by atoms with Gasteiger partial charge < -0.3 is 9.88 Å². The van der Waals surface area contributed by atoms with E-state index in [9.17, 15) is 0 Å². The van der Waals surface area contributed by atoms with Gasteiger partial charge in [-0.1, -0.05) is 13.0 Å². The van der Waals surface area contributed by atoms with Crippen molar-refractivity contribution in [3.63, 3.8) is 0 Å². The van der Waals surface area contributed by atoms with E-state index in [4.69, 9.17) is 0 Å². The molecule has 0 atom stereocenters. The number of hydrogen-bond acceptors (Lipinski definition) is 3. The first kappa shape index (κ1) is 12.6. The third kappa shape index (κ3) is 2.70. The molecule has 4 heteroatoms. The summed E-state index contributed by atoms with van der Waals surface area (Å²) in [5.41, 5.74) is 3.45. The van der Waals surface area contributed by atoms with Gasteiger partial charge in [-0.15, -0.1) is 0 Å². The first-order valence-corrected chi connectivity index (χ1v) is 6.45. The fourth-order valence-electron chi connectivity index (χ4n) is 2.06. The third-order valence-electron chi connectivity index (χ3n) is 2.92. The Morgan fingerprint density at radius 1 is 1.33 bits per heavy atom. The average molecular weight is 244 g/mol. The van der Waals surface area contributed by atoms with Crippen LogP contribution in [0.25, 0.3) is 0 Å². The molecule has 18 heavy (non-hydrogen) atoms. The Hall–Kier alpha value is -1.84. The fourth-order valence-corrected chi connectivity index (χ4v) is 2.06. The van der Waals surface area contributed by atoms with Crippen LogP contribution in [-0.4, -0.2) is 21.1 Å². The number of pyridine rings is 1. The molecule has 0 unspecified atom stereocenters. The van der Waals surface area contributed by atoms with Crippen LogP contribution in [0.2, 0.25) is 0 Å². The van der Waals surface area contributed by atoms with Gasteiger partial charge in [-0.25, -0.2) is 4.98 Å². The van der Waals surface area contributed by atoms with Crippen LogP contribution in [-0.2, 0) is 13.0 Å². The van der Waals surface area contributed by atoms with E-state index >= 15 is 0 Å². The lowest BCUT2D eigenvalue weighted by Gasteiger charge is -2.10. The molecular formula is C14H20N4. The Morgan fingerprint density at radius 2 is 2.17 bits per heavy atom. The second-order valence-corrected chi connectivity index (χ2v) is 4.33. The Balaban J connectivity index is 2.27. The largest absolute Gasteiger partial charge is 0.356 e. The molecule has 0 saturated heterocycles. The molecule has 0 radical (unpaired) electrons. The van der Waals surface area contributed by atoms with Gasteiger partial charge in [0.05, 0.1) is 17.9 Å². The van der Waals surface area contributed by atoms with Crippen molar-refractivity contribution in [1.82, 2.24) is 14.5 Å². The average Bonchev–Trinajstić information content (AvgIpc) is 2.71. The molecule has 0 aromatic carbocycles. The quantitative estimate of drug-likeness (QED) is 0.879. The van der Waals surface area contributed by atoms with Gasteiger partial charge in [0.2, 0.25) is 5.95 Å². The molecule has 0 amide bonds. The summed E-state index contributed by atoms with van der Waals surface area (Å²) in [5, 5.41) is 3.28. The van der Waals surface area contributed by atoms with Crippen molar-refractivity contribution in [2.45, 2.75) is 33.7 Å². The topological polar surface area (TPSA) is 42.7 Å². The SMILES string of the molecule is CCNc1nc(C)cn1Cc1ncccc1CC. The van der Waals surface area contributed by atoms with Gasteiger partial charge in [0.15, 0.2) is 0 Å². The number of rotatable bonds is 5. The van der Waals surface area contributed by atoms with Crippen molar-refractivity contribution in [2.75, 3.05) is 11.9 Å². The standard InChI is InChI=1S/C14H20N4/c1-4-12-7-6-8-16-13(12)10-18-9-11(3)17-14(18)15-5-2/h6-9H,4-5,10H2,1-3H3,(H,15,17). The van der Waals surface area contributed by atoms with Crippen LogP contribution < -0.4 is 5.32 Å². The minimum Gasteiger partial charge on any atom is -0.356 e. The van der Waals surface area contributed by atoms with Crippen molar-refractivity contribution in [1.29, 1.82) is 0 Å². The normalized spacial score (nSPS) is 10.6. The second-order valence-electron chi connectivity index (χ2n) is 4.33. The van der Waals surface area contributed by atoms with E-state index in [1.54, 1.807) is 0 Å². The highest BCUT2D eigenvalue weighted by Crippen LogP contribution is 2.13. The Bertz CT molecular complexity index is 516. The molecule has 1 N–H and O–H groups in total. The molecule has 0 aliphatic carbocycles. The number of nitrogens with zero attached hydrogens (tertiary/aromatic N) is 3. The van der Waals surface area contributed by atoms with E-state index < -0.39 is 0 Å². The summed E-state index contributed by atoms with van der Waals surface area (Å²) in [6, 6.07) is 4.13. The van der Waals surface area contributed by atoms with Crippen molar-refractivity contribution in [3.05, 3.63) is 41.5 Å². The monoisotopic (exact) mass is 244 g/mol. The zero-order valence-corrected chi connectivity index (χ0v) is 11.3. The van der Waals surface area contributed by atoms with Gasteiger partial charge in [-0.3, -0.25) is 4.98 Å². The molecule has 96 valence electrons. The highest BCUT2D eigenvalue weighted by atomic mass is 15.2. The first-order valence-electron chi connectivity index (χ1n) is 6.45. The van der Waals surface area contributed by atoms with Gasteiger partial charge in [0.1, 0.15) is 0 Å². The predicted molar refractivity (Wildman–Crippen MR) is 73.8 cm³/mol. The summed E-state index contributed by atoms with van der Waals surface area (Å²) in [6.45, 7) is 7.89. The first-order chi connectivity index (χ1) is 8.74. The third-order valence-corrected chi connectivity index (χ3v) is 2.92. The van der Waals surface area contributed by atoms with Crippen molar-refractivity contribution in [2.24, 2.45) is 0 Å². The van der Waals surface area contributed by atoms with Crippen molar-refractivity contribution in [3.8, 4) is 0 Å². The summed E-state index contributed by atoms with van der Waals surface area (Å²) in [7, 11) is 0. The number of nitrogens with one attached hydrogen (secondary N) is 1. The van der Waals surface area contributed by atoms with E-state index in [0.29, 0.717) is 0 Å². The molecule has 2 rings (SSSR count). The molecular weight excluding hydrogens is 224 g/mol. The van der Waals surface area contributed by atoms with Gasteiger partial charge in [-0.05, 0) is 31.9 Å². The van der Waals surface area contributed by atoms with Gasteiger partial charge in [0.25, 0.3) is 0 Å². The number of imidazole rings is 1. The molecule has 0 bridgehead atoms. The lowest BCUT2D eigenvalue weighted by atomic mass is 10.1. The number of aryl methyl sites for hydroxylation is 2. The fraction of sp³-hybridized carbons (Fsp3) is 0.429. The lowest BCUT2D eigenvalue weighted by molar-refractivity contribution is 0.763. The maximum absolute atomic E-state index is 4.48. The predicted octanol–water partition coefficient (Wildman–Crippen LogP) is 2.63. The van der Waals surface area contributed by atoms with Crippen LogP contribution >= 0.6 is 0 Å². The van der Waals surface area contributed by atoms with E-state index in [2.05, 4.69) is 46.0 Å². The molecule has 0 fully saturated rings. The number of aromatic nitrogens is 3. The molecule has 4 nitrogen and oxygen atoms in total.